The minimum absolute atomic E-state index is 0.000606. The average molecular weight is 304 g/mol. The summed E-state index contributed by atoms with van der Waals surface area (Å²) in [6.45, 7) is 0.000606. The lowest BCUT2D eigenvalue weighted by molar-refractivity contribution is 0.281. The number of aliphatic hydroxyl groups is 1. The van der Waals surface area contributed by atoms with Gasteiger partial charge in [0.2, 0.25) is 0 Å². The SMILES string of the molecule is N#Cc1c(Br)cccc1Oc1ccc(CO)cc1. The van der Waals surface area contributed by atoms with Crippen LogP contribution in [-0.2, 0) is 6.61 Å². The third-order valence-electron chi connectivity index (χ3n) is 2.42. The predicted molar refractivity (Wildman–Crippen MR) is 71.3 cm³/mol. The number of rotatable bonds is 3. The molecule has 0 atom stereocenters. The fraction of sp³-hybridized carbons (Fsp3) is 0.0714. The summed E-state index contributed by atoms with van der Waals surface area (Å²) in [6, 6.07) is 14.5. The van der Waals surface area contributed by atoms with E-state index in [1.54, 1.807) is 36.4 Å². The Kier molecular flexibility index (Phi) is 3.98. The van der Waals surface area contributed by atoms with E-state index in [9.17, 15) is 0 Å². The molecule has 2 aromatic rings. The lowest BCUT2D eigenvalue weighted by Gasteiger charge is -2.08. The Balaban J connectivity index is 2.28. The number of benzene rings is 2. The van der Waals surface area contributed by atoms with Crippen molar-refractivity contribution in [1.82, 2.24) is 0 Å². The molecule has 3 nitrogen and oxygen atoms in total. The van der Waals surface area contributed by atoms with Crippen LogP contribution in [0.2, 0.25) is 0 Å². The van der Waals surface area contributed by atoms with Crippen LogP contribution in [0.25, 0.3) is 0 Å². The standard InChI is InChI=1S/C14H10BrNO2/c15-13-2-1-3-14(12(13)8-16)18-11-6-4-10(9-17)5-7-11/h1-7,17H,9H2. The number of aliphatic hydroxyl groups excluding tert-OH is 1. The van der Waals surface area contributed by atoms with Crippen molar-refractivity contribution in [3.63, 3.8) is 0 Å². The van der Waals surface area contributed by atoms with Crippen LogP contribution in [0.15, 0.2) is 46.9 Å². The molecule has 2 aromatic carbocycles. The van der Waals surface area contributed by atoms with E-state index < -0.39 is 0 Å². The van der Waals surface area contributed by atoms with Gasteiger partial charge in [-0.1, -0.05) is 18.2 Å². The fourth-order valence-corrected chi connectivity index (χ4v) is 1.92. The van der Waals surface area contributed by atoms with Crippen LogP contribution in [0.4, 0.5) is 0 Å². The summed E-state index contributed by atoms with van der Waals surface area (Å²) >= 11 is 3.31. The van der Waals surface area contributed by atoms with Crippen molar-refractivity contribution in [3.8, 4) is 17.6 Å². The second kappa shape index (κ2) is 5.67. The van der Waals surface area contributed by atoms with E-state index in [-0.39, 0.29) is 6.61 Å². The number of hydrogen-bond donors (Lipinski definition) is 1. The van der Waals surface area contributed by atoms with Gasteiger partial charge in [-0.05, 0) is 45.8 Å². The van der Waals surface area contributed by atoms with Crippen LogP contribution in [0.3, 0.4) is 0 Å². The van der Waals surface area contributed by atoms with Gasteiger partial charge in [-0.15, -0.1) is 0 Å². The highest BCUT2D eigenvalue weighted by atomic mass is 79.9. The van der Waals surface area contributed by atoms with Gasteiger partial charge in [-0.2, -0.15) is 5.26 Å². The quantitative estimate of drug-likeness (QED) is 0.942. The maximum absolute atomic E-state index is 9.07. The van der Waals surface area contributed by atoms with Crippen LogP contribution in [0.1, 0.15) is 11.1 Å². The molecule has 4 heteroatoms. The van der Waals surface area contributed by atoms with Gasteiger partial charge in [-0.3, -0.25) is 0 Å². The second-order valence-corrected chi connectivity index (χ2v) is 4.48. The first-order valence-electron chi connectivity index (χ1n) is 5.31. The lowest BCUT2D eigenvalue weighted by atomic mass is 10.2. The first kappa shape index (κ1) is 12.6. The van der Waals surface area contributed by atoms with Gasteiger partial charge in [0.1, 0.15) is 23.1 Å². The molecule has 0 aromatic heterocycles. The molecule has 0 amide bonds. The molecule has 18 heavy (non-hydrogen) atoms. The zero-order valence-corrected chi connectivity index (χ0v) is 11.0. The maximum Gasteiger partial charge on any atom is 0.146 e. The van der Waals surface area contributed by atoms with Crippen LogP contribution >= 0.6 is 15.9 Å². The Hall–Kier alpha value is -1.83. The van der Waals surface area contributed by atoms with E-state index in [0.29, 0.717) is 21.5 Å². The number of nitrogens with zero attached hydrogens (tertiary/aromatic N) is 1. The van der Waals surface area contributed by atoms with Crippen LogP contribution in [0, 0.1) is 11.3 Å². The van der Waals surface area contributed by atoms with Gasteiger partial charge in [0, 0.05) is 4.47 Å². The van der Waals surface area contributed by atoms with Crippen molar-refractivity contribution in [2.45, 2.75) is 6.61 Å². The monoisotopic (exact) mass is 303 g/mol. The Labute approximate surface area is 113 Å². The third-order valence-corrected chi connectivity index (χ3v) is 3.08. The van der Waals surface area contributed by atoms with Gasteiger partial charge in [-0.25, -0.2) is 0 Å². The summed E-state index contributed by atoms with van der Waals surface area (Å²) in [5, 5.41) is 18.0. The highest BCUT2D eigenvalue weighted by Gasteiger charge is 2.07. The number of ether oxygens (including phenoxy) is 1. The summed E-state index contributed by atoms with van der Waals surface area (Å²) < 4.78 is 6.35. The molecule has 0 bridgehead atoms. The number of halogens is 1. The largest absolute Gasteiger partial charge is 0.456 e. The molecule has 0 aliphatic rings. The van der Waals surface area contributed by atoms with E-state index in [1.165, 1.54) is 0 Å². The Bertz CT molecular complexity index is 588. The molecule has 0 aliphatic heterocycles. The van der Waals surface area contributed by atoms with Gasteiger partial charge in [0.15, 0.2) is 0 Å². The van der Waals surface area contributed by atoms with Crippen molar-refractivity contribution in [2.24, 2.45) is 0 Å². The molecular weight excluding hydrogens is 294 g/mol. The predicted octanol–water partition coefficient (Wildman–Crippen LogP) is 3.61. The smallest absolute Gasteiger partial charge is 0.146 e. The summed E-state index contributed by atoms with van der Waals surface area (Å²) in [4.78, 5) is 0. The van der Waals surface area contributed by atoms with Crippen molar-refractivity contribution in [3.05, 3.63) is 58.1 Å². The Morgan fingerprint density at radius 1 is 1.17 bits per heavy atom. The first-order valence-corrected chi connectivity index (χ1v) is 6.10. The fourth-order valence-electron chi connectivity index (χ4n) is 1.49. The molecule has 0 spiro atoms. The molecule has 0 unspecified atom stereocenters. The molecule has 1 N–H and O–H groups in total. The zero-order chi connectivity index (χ0) is 13.0. The molecule has 0 saturated heterocycles. The van der Waals surface area contributed by atoms with Crippen LogP contribution < -0.4 is 4.74 Å². The highest BCUT2D eigenvalue weighted by Crippen LogP contribution is 2.29. The zero-order valence-electron chi connectivity index (χ0n) is 9.43. The van der Waals surface area contributed by atoms with Crippen LogP contribution in [0.5, 0.6) is 11.5 Å². The molecule has 0 fully saturated rings. The van der Waals surface area contributed by atoms with Gasteiger partial charge in [0.05, 0.1) is 6.61 Å². The topological polar surface area (TPSA) is 53.2 Å². The normalized spacial score (nSPS) is 9.83. The van der Waals surface area contributed by atoms with Crippen LogP contribution in [-0.4, -0.2) is 5.11 Å². The highest BCUT2D eigenvalue weighted by molar-refractivity contribution is 9.10. The summed E-state index contributed by atoms with van der Waals surface area (Å²) in [5.74, 6) is 1.13. The Morgan fingerprint density at radius 2 is 1.89 bits per heavy atom. The molecule has 2 rings (SSSR count). The van der Waals surface area contributed by atoms with Crippen molar-refractivity contribution in [1.29, 1.82) is 5.26 Å². The minimum atomic E-state index is 0.000606. The van der Waals surface area contributed by atoms with Crippen molar-refractivity contribution < 1.29 is 9.84 Å². The van der Waals surface area contributed by atoms with E-state index in [1.807, 2.05) is 6.07 Å². The molecule has 0 aliphatic carbocycles. The van der Waals surface area contributed by atoms with Crippen molar-refractivity contribution >= 4 is 15.9 Å². The van der Waals surface area contributed by atoms with Gasteiger partial charge < -0.3 is 9.84 Å². The van der Waals surface area contributed by atoms with Crippen molar-refractivity contribution in [2.75, 3.05) is 0 Å². The average Bonchev–Trinajstić information content (AvgIpc) is 2.40. The summed E-state index contributed by atoms with van der Waals surface area (Å²) in [7, 11) is 0. The minimum Gasteiger partial charge on any atom is -0.456 e. The third kappa shape index (κ3) is 2.70. The van der Waals surface area contributed by atoms with Gasteiger partial charge >= 0.3 is 0 Å². The van der Waals surface area contributed by atoms with E-state index in [2.05, 4.69) is 22.0 Å². The molecule has 0 saturated carbocycles. The second-order valence-electron chi connectivity index (χ2n) is 3.63. The van der Waals surface area contributed by atoms with E-state index >= 15 is 0 Å². The molecular formula is C14H10BrNO2. The molecule has 0 radical (unpaired) electrons. The molecule has 90 valence electrons. The summed E-state index contributed by atoms with van der Waals surface area (Å²) in [6.07, 6.45) is 0. The number of hydrogen-bond acceptors (Lipinski definition) is 3. The maximum atomic E-state index is 9.07. The van der Waals surface area contributed by atoms with E-state index in [4.69, 9.17) is 15.1 Å². The first-order chi connectivity index (χ1) is 8.74. The Morgan fingerprint density at radius 3 is 2.50 bits per heavy atom. The lowest BCUT2D eigenvalue weighted by Crippen LogP contribution is -1.90. The van der Waals surface area contributed by atoms with Gasteiger partial charge in [0.25, 0.3) is 0 Å². The molecule has 0 heterocycles. The number of nitriles is 1. The van der Waals surface area contributed by atoms with E-state index in [0.717, 1.165) is 5.56 Å². The summed E-state index contributed by atoms with van der Waals surface area (Å²) in [5.41, 5.74) is 1.28.